The normalized spacial score (nSPS) is 12.0. The smallest absolute Gasteiger partial charge is 0.251 e. The molecule has 0 spiro atoms. The second kappa shape index (κ2) is 11.7. The van der Waals surface area contributed by atoms with Crippen LogP contribution in [0.15, 0.2) is 47.6 Å². The topological polar surface area (TPSA) is 88.9 Å². The SMILES string of the molecule is CCn1c(SCC(=O)Nc2cccc(Cl)c2Cl)nnc1[C@H](NC(=O)c1ccc(C)cc1)C(C)C. The van der Waals surface area contributed by atoms with Gasteiger partial charge in [-0.1, -0.05) is 72.6 Å². The molecule has 0 aliphatic carbocycles. The minimum atomic E-state index is -0.338. The summed E-state index contributed by atoms with van der Waals surface area (Å²) in [6.45, 7) is 8.58. The number of thioether (sulfide) groups is 1. The van der Waals surface area contributed by atoms with Crippen LogP contribution in [0.5, 0.6) is 0 Å². The highest BCUT2D eigenvalue weighted by Crippen LogP contribution is 2.30. The van der Waals surface area contributed by atoms with E-state index in [1.165, 1.54) is 11.8 Å². The number of aromatic nitrogens is 3. The van der Waals surface area contributed by atoms with Crippen molar-refractivity contribution >= 4 is 52.5 Å². The van der Waals surface area contributed by atoms with Crippen LogP contribution in [0.25, 0.3) is 0 Å². The van der Waals surface area contributed by atoms with Crippen LogP contribution in [0.3, 0.4) is 0 Å². The van der Waals surface area contributed by atoms with Gasteiger partial charge in [0.1, 0.15) is 0 Å². The Morgan fingerprint density at radius 2 is 1.79 bits per heavy atom. The number of carbonyl (C=O) groups is 2. The molecule has 0 radical (unpaired) electrons. The van der Waals surface area contributed by atoms with Gasteiger partial charge in [0.05, 0.1) is 27.5 Å². The van der Waals surface area contributed by atoms with Gasteiger partial charge in [-0.15, -0.1) is 10.2 Å². The van der Waals surface area contributed by atoms with Crippen molar-refractivity contribution in [3.05, 3.63) is 69.5 Å². The highest BCUT2D eigenvalue weighted by Gasteiger charge is 2.26. The minimum absolute atomic E-state index is 0.0787. The van der Waals surface area contributed by atoms with E-state index in [2.05, 4.69) is 20.8 Å². The average Bonchev–Trinajstić information content (AvgIpc) is 3.21. The maximum atomic E-state index is 12.8. The fourth-order valence-corrected chi connectivity index (χ4v) is 4.47. The monoisotopic (exact) mass is 519 g/mol. The molecule has 2 aromatic carbocycles. The summed E-state index contributed by atoms with van der Waals surface area (Å²) >= 11 is 13.4. The Balaban J connectivity index is 1.72. The third-order valence-electron chi connectivity index (χ3n) is 5.16. The van der Waals surface area contributed by atoms with Gasteiger partial charge in [-0.3, -0.25) is 9.59 Å². The van der Waals surface area contributed by atoms with Crippen molar-refractivity contribution < 1.29 is 9.59 Å². The number of rotatable bonds is 9. The first-order chi connectivity index (χ1) is 16.2. The van der Waals surface area contributed by atoms with Crippen molar-refractivity contribution in [2.45, 2.75) is 45.4 Å². The van der Waals surface area contributed by atoms with Crippen LogP contribution in [0.2, 0.25) is 10.0 Å². The van der Waals surface area contributed by atoms with Crippen LogP contribution in [-0.2, 0) is 11.3 Å². The summed E-state index contributed by atoms with van der Waals surface area (Å²) in [6.07, 6.45) is 0. The van der Waals surface area contributed by atoms with Crippen molar-refractivity contribution in [1.29, 1.82) is 0 Å². The third kappa shape index (κ3) is 6.31. The summed E-state index contributed by atoms with van der Waals surface area (Å²) in [5, 5.41) is 15.8. The predicted octanol–water partition coefficient (Wildman–Crippen LogP) is 5.77. The summed E-state index contributed by atoms with van der Waals surface area (Å²) < 4.78 is 1.92. The molecule has 0 unspecified atom stereocenters. The van der Waals surface area contributed by atoms with E-state index in [9.17, 15) is 9.59 Å². The summed E-state index contributed by atoms with van der Waals surface area (Å²) in [4.78, 5) is 25.3. The molecule has 0 bridgehead atoms. The number of anilines is 1. The Kier molecular flexibility index (Phi) is 8.99. The second-order valence-corrected chi connectivity index (χ2v) is 9.81. The molecule has 34 heavy (non-hydrogen) atoms. The van der Waals surface area contributed by atoms with Gasteiger partial charge in [0.2, 0.25) is 5.91 Å². The maximum absolute atomic E-state index is 12.8. The maximum Gasteiger partial charge on any atom is 0.251 e. The molecule has 2 amide bonds. The largest absolute Gasteiger partial charge is 0.342 e. The number of hydrogen-bond acceptors (Lipinski definition) is 5. The Hall–Kier alpha value is -2.55. The van der Waals surface area contributed by atoms with Gasteiger partial charge >= 0.3 is 0 Å². The van der Waals surface area contributed by atoms with E-state index in [0.717, 1.165) is 5.56 Å². The number of benzene rings is 2. The Morgan fingerprint density at radius 1 is 1.09 bits per heavy atom. The standard InChI is InChI=1S/C24H27Cl2N5O2S/c1-5-31-22(21(14(2)3)28-23(33)16-11-9-15(4)10-12-16)29-30-24(31)34-13-19(32)27-18-8-6-7-17(25)20(18)26/h6-12,14,21H,5,13H2,1-4H3,(H,27,32)(H,28,33)/t21-/m1/s1. The van der Waals surface area contributed by atoms with E-state index in [4.69, 9.17) is 23.2 Å². The molecular weight excluding hydrogens is 493 g/mol. The molecule has 10 heteroatoms. The minimum Gasteiger partial charge on any atom is -0.342 e. The molecule has 1 atom stereocenters. The molecule has 1 heterocycles. The fourth-order valence-electron chi connectivity index (χ4n) is 3.31. The van der Waals surface area contributed by atoms with Gasteiger partial charge in [-0.05, 0) is 44.0 Å². The van der Waals surface area contributed by atoms with Crippen LogP contribution in [-0.4, -0.2) is 32.3 Å². The zero-order valence-corrected chi connectivity index (χ0v) is 21.8. The van der Waals surface area contributed by atoms with Crippen LogP contribution in [0.1, 0.15) is 48.6 Å². The van der Waals surface area contributed by atoms with Crippen LogP contribution < -0.4 is 10.6 Å². The molecule has 0 aliphatic rings. The number of amides is 2. The van der Waals surface area contributed by atoms with Crippen LogP contribution >= 0.6 is 35.0 Å². The number of nitrogens with one attached hydrogen (secondary N) is 2. The van der Waals surface area contributed by atoms with E-state index in [0.29, 0.717) is 38.8 Å². The lowest BCUT2D eigenvalue weighted by Gasteiger charge is -2.22. The lowest BCUT2D eigenvalue weighted by Crippen LogP contribution is -2.33. The molecule has 0 saturated carbocycles. The molecule has 3 aromatic rings. The molecule has 1 aromatic heterocycles. The molecule has 0 fully saturated rings. The highest BCUT2D eigenvalue weighted by molar-refractivity contribution is 7.99. The van der Waals surface area contributed by atoms with E-state index in [1.54, 1.807) is 30.3 Å². The van der Waals surface area contributed by atoms with Crippen LogP contribution in [0.4, 0.5) is 5.69 Å². The molecule has 7 nitrogen and oxygen atoms in total. The lowest BCUT2D eigenvalue weighted by molar-refractivity contribution is -0.113. The summed E-state index contributed by atoms with van der Waals surface area (Å²) in [6, 6.07) is 12.1. The van der Waals surface area contributed by atoms with Crippen molar-refractivity contribution in [2.24, 2.45) is 5.92 Å². The molecule has 0 aliphatic heterocycles. The zero-order chi connectivity index (χ0) is 24.8. The van der Waals surface area contributed by atoms with Gasteiger partial charge in [-0.2, -0.15) is 0 Å². The Labute approximate surface area is 213 Å². The van der Waals surface area contributed by atoms with E-state index in [1.807, 2.05) is 44.4 Å². The third-order valence-corrected chi connectivity index (χ3v) is 6.95. The summed E-state index contributed by atoms with van der Waals surface area (Å²) in [5.41, 5.74) is 2.13. The van der Waals surface area contributed by atoms with E-state index < -0.39 is 0 Å². The van der Waals surface area contributed by atoms with E-state index >= 15 is 0 Å². The molecule has 3 rings (SSSR count). The Morgan fingerprint density at radius 3 is 2.44 bits per heavy atom. The number of hydrogen-bond donors (Lipinski definition) is 2. The van der Waals surface area contributed by atoms with Crippen molar-refractivity contribution in [3.63, 3.8) is 0 Å². The van der Waals surface area contributed by atoms with Crippen LogP contribution in [0, 0.1) is 12.8 Å². The number of halogens is 2. The van der Waals surface area contributed by atoms with Gasteiger partial charge in [-0.25, -0.2) is 0 Å². The second-order valence-electron chi connectivity index (χ2n) is 8.08. The average molecular weight is 520 g/mol. The molecule has 0 saturated heterocycles. The lowest BCUT2D eigenvalue weighted by atomic mass is 10.0. The summed E-state index contributed by atoms with van der Waals surface area (Å²) in [7, 11) is 0. The molecule has 180 valence electrons. The van der Waals surface area contributed by atoms with Gasteiger partial charge in [0.25, 0.3) is 5.91 Å². The zero-order valence-electron chi connectivity index (χ0n) is 19.4. The molecular formula is C24H27Cl2N5O2S. The molecule has 2 N–H and O–H groups in total. The Bertz CT molecular complexity index is 1160. The van der Waals surface area contributed by atoms with E-state index in [-0.39, 0.29) is 29.5 Å². The van der Waals surface area contributed by atoms with Crippen molar-refractivity contribution in [2.75, 3.05) is 11.1 Å². The van der Waals surface area contributed by atoms with Gasteiger partial charge in [0.15, 0.2) is 11.0 Å². The predicted molar refractivity (Wildman–Crippen MR) is 138 cm³/mol. The van der Waals surface area contributed by atoms with Gasteiger partial charge < -0.3 is 15.2 Å². The quantitative estimate of drug-likeness (QED) is 0.350. The highest BCUT2D eigenvalue weighted by atomic mass is 35.5. The number of carbonyl (C=O) groups excluding carboxylic acids is 2. The number of aryl methyl sites for hydroxylation is 1. The first kappa shape index (κ1) is 26.1. The van der Waals surface area contributed by atoms with Crippen molar-refractivity contribution in [1.82, 2.24) is 20.1 Å². The number of nitrogens with zero attached hydrogens (tertiary/aromatic N) is 3. The van der Waals surface area contributed by atoms with Gasteiger partial charge in [0, 0.05) is 12.1 Å². The summed E-state index contributed by atoms with van der Waals surface area (Å²) in [5.74, 6) is 0.433. The van der Waals surface area contributed by atoms with Crippen molar-refractivity contribution in [3.8, 4) is 0 Å². The first-order valence-electron chi connectivity index (χ1n) is 10.9. The fraction of sp³-hybridized carbons (Fsp3) is 0.333. The first-order valence-corrected chi connectivity index (χ1v) is 12.6.